The van der Waals surface area contributed by atoms with E-state index in [0.29, 0.717) is 13.2 Å². The van der Waals surface area contributed by atoms with E-state index in [0.717, 1.165) is 12.8 Å². The van der Waals surface area contributed by atoms with Gasteiger partial charge in [0.15, 0.2) is 0 Å². The highest BCUT2D eigenvalue weighted by atomic mass is 16.5. The molecule has 1 aliphatic rings. The molecule has 0 spiro atoms. The maximum absolute atomic E-state index is 11.9. The molecule has 2 amide bonds. The molecule has 0 saturated heterocycles. The Morgan fingerprint density at radius 1 is 1.30 bits per heavy atom. The average molecular weight is 286 g/mol. The van der Waals surface area contributed by atoms with Crippen LogP contribution in [0.4, 0.5) is 4.79 Å². The second-order valence-electron chi connectivity index (χ2n) is 5.72. The second-order valence-corrected chi connectivity index (χ2v) is 5.72. The Balaban J connectivity index is 2.41. The molecule has 6 heteroatoms. The number of nitrogens with zero attached hydrogens (tertiary/aromatic N) is 1. The predicted molar refractivity (Wildman–Crippen MR) is 75.7 cm³/mol. The first-order valence-electron chi connectivity index (χ1n) is 7.19. The molecule has 20 heavy (non-hydrogen) atoms. The van der Waals surface area contributed by atoms with E-state index >= 15 is 0 Å². The minimum absolute atomic E-state index is 0.0346. The summed E-state index contributed by atoms with van der Waals surface area (Å²) in [6, 6.07) is -0.215. The Morgan fingerprint density at radius 2 is 1.95 bits per heavy atom. The van der Waals surface area contributed by atoms with Gasteiger partial charge in [-0.15, -0.1) is 0 Å². The third-order valence-corrected chi connectivity index (χ3v) is 3.99. The van der Waals surface area contributed by atoms with Crippen molar-refractivity contribution in [2.45, 2.75) is 38.5 Å². The van der Waals surface area contributed by atoms with Gasteiger partial charge in [0.2, 0.25) is 0 Å². The van der Waals surface area contributed by atoms with E-state index in [1.165, 1.54) is 24.2 Å². The van der Waals surface area contributed by atoms with Gasteiger partial charge in [-0.3, -0.25) is 4.79 Å². The number of hydrogen-bond acceptors (Lipinski definition) is 3. The standard InChI is InChI=1S/C14H26N2O4/c1-16(9-6-12(17)18)13(19)15-10-14(11-20-2)7-4-3-5-8-14/h3-11H2,1-2H3,(H,15,19)(H,17,18). The molecule has 0 unspecified atom stereocenters. The zero-order chi connectivity index (χ0) is 15.0. The van der Waals surface area contributed by atoms with E-state index in [-0.39, 0.29) is 24.4 Å². The van der Waals surface area contributed by atoms with Crippen molar-refractivity contribution < 1.29 is 19.4 Å². The van der Waals surface area contributed by atoms with Gasteiger partial charge in [-0.2, -0.15) is 0 Å². The lowest BCUT2D eigenvalue weighted by Gasteiger charge is -2.37. The lowest BCUT2D eigenvalue weighted by molar-refractivity contribution is -0.137. The van der Waals surface area contributed by atoms with Crippen LogP contribution in [0.1, 0.15) is 38.5 Å². The van der Waals surface area contributed by atoms with Crippen LogP contribution in [0.25, 0.3) is 0 Å². The molecule has 0 aliphatic heterocycles. The number of ether oxygens (including phenoxy) is 1. The van der Waals surface area contributed by atoms with Gasteiger partial charge in [0.1, 0.15) is 0 Å². The van der Waals surface area contributed by atoms with Crippen LogP contribution in [-0.2, 0) is 9.53 Å². The van der Waals surface area contributed by atoms with E-state index in [2.05, 4.69) is 5.32 Å². The van der Waals surface area contributed by atoms with Crippen LogP contribution in [0.5, 0.6) is 0 Å². The topological polar surface area (TPSA) is 78.9 Å². The summed E-state index contributed by atoms with van der Waals surface area (Å²) in [7, 11) is 3.30. The first-order chi connectivity index (χ1) is 9.49. The van der Waals surface area contributed by atoms with E-state index in [4.69, 9.17) is 9.84 Å². The highest BCUT2D eigenvalue weighted by Gasteiger charge is 2.32. The van der Waals surface area contributed by atoms with Gasteiger partial charge in [0.05, 0.1) is 13.0 Å². The largest absolute Gasteiger partial charge is 0.481 e. The number of carboxylic acids is 1. The number of carbonyl (C=O) groups excluding carboxylic acids is 1. The van der Waals surface area contributed by atoms with Crippen LogP contribution in [0.2, 0.25) is 0 Å². The SMILES string of the molecule is COCC1(CNC(=O)N(C)CCC(=O)O)CCCCC1. The molecule has 0 aromatic rings. The number of rotatable bonds is 7. The Hall–Kier alpha value is -1.30. The van der Waals surface area contributed by atoms with Crippen molar-refractivity contribution in [3.8, 4) is 0 Å². The first kappa shape index (κ1) is 16.8. The zero-order valence-electron chi connectivity index (χ0n) is 12.5. The number of urea groups is 1. The van der Waals surface area contributed by atoms with E-state index < -0.39 is 5.97 Å². The monoisotopic (exact) mass is 286 g/mol. The lowest BCUT2D eigenvalue weighted by Crippen LogP contribution is -2.46. The van der Waals surface area contributed by atoms with Crippen molar-refractivity contribution in [1.29, 1.82) is 0 Å². The molecule has 0 aromatic carbocycles. The summed E-state index contributed by atoms with van der Waals surface area (Å²) in [5.41, 5.74) is 0.0380. The molecule has 0 atom stereocenters. The highest BCUT2D eigenvalue weighted by Crippen LogP contribution is 2.35. The van der Waals surface area contributed by atoms with Crippen molar-refractivity contribution in [3.63, 3.8) is 0 Å². The van der Waals surface area contributed by atoms with Crippen molar-refractivity contribution in [2.24, 2.45) is 5.41 Å². The fourth-order valence-corrected chi connectivity index (χ4v) is 2.74. The average Bonchev–Trinajstić information content (AvgIpc) is 2.43. The van der Waals surface area contributed by atoms with Crippen molar-refractivity contribution >= 4 is 12.0 Å². The molecule has 1 aliphatic carbocycles. The number of methoxy groups -OCH3 is 1. The van der Waals surface area contributed by atoms with Crippen LogP contribution in [0.15, 0.2) is 0 Å². The van der Waals surface area contributed by atoms with Crippen LogP contribution in [0, 0.1) is 5.41 Å². The van der Waals surface area contributed by atoms with Gasteiger partial charge in [-0.25, -0.2) is 4.79 Å². The third-order valence-electron chi connectivity index (χ3n) is 3.99. The summed E-state index contributed by atoms with van der Waals surface area (Å²) in [4.78, 5) is 23.8. The number of carbonyl (C=O) groups is 2. The van der Waals surface area contributed by atoms with E-state index in [1.54, 1.807) is 14.2 Å². The predicted octanol–water partition coefficient (Wildman–Crippen LogP) is 1.70. The van der Waals surface area contributed by atoms with Gasteiger partial charge in [0.25, 0.3) is 0 Å². The third kappa shape index (κ3) is 5.36. The number of aliphatic carboxylic acids is 1. The molecule has 2 N–H and O–H groups in total. The fourth-order valence-electron chi connectivity index (χ4n) is 2.74. The van der Waals surface area contributed by atoms with Crippen LogP contribution in [0.3, 0.4) is 0 Å². The Kier molecular flexibility index (Phi) is 6.78. The van der Waals surface area contributed by atoms with Crippen molar-refractivity contribution in [2.75, 3.05) is 33.9 Å². The quantitative estimate of drug-likeness (QED) is 0.746. The number of hydrogen-bond donors (Lipinski definition) is 2. The minimum Gasteiger partial charge on any atom is -0.481 e. The van der Waals surface area contributed by atoms with Crippen LogP contribution < -0.4 is 5.32 Å². The Bertz CT molecular complexity index is 322. The molecule has 0 heterocycles. The number of amides is 2. The summed E-state index contributed by atoms with van der Waals surface area (Å²) < 4.78 is 5.31. The molecular weight excluding hydrogens is 260 g/mol. The maximum Gasteiger partial charge on any atom is 0.317 e. The van der Waals surface area contributed by atoms with Gasteiger partial charge < -0.3 is 20.1 Å². The smallest absolute Gasteiger partial charge is 0.317 e. The van der Waals surface area contributed by atoms with Crippen molar-refractivity contribution in [1.82, 2.24) is 10.2 Å². The Morgan fingerprint density at radius 3 is 2.50 bits per heavy atom. The second kappa shape index (κ2) is 8.09. The van der Waals surface area contributed by atoms with Gasteiger partial charge in [0, 0.05) is 32.7 Å². The van der Waals surface area contributed by atoms with Gasteiger partial charge in [-0.05, 0) is 12.8 Å². The van der Waals surface area contributed by atoms with E-state index in [9.17, 15) is 9.59 Å². The number of nitrogens with one attached hydrogen (secondary N) is 1. The molecule has 0 aromatic heterocycles. The molecule has 0 radical (unpaired) electrons. The summed E-state index contributed by atoms with van der Waals surface area (Å²) in [5, 5.41) is 11.5. The molecule has 1 saturated carbocycles. The maximum atomic E-state index is 11.9. The Labute approximate surface area is 120 Å². The van der Waals surface area contributed by atoms with Gasteiger partial charge in [-0.1, -0.05) is 19.3 Å². The molecule has 116 valence electrons. The summed E-state index contributed by atoms with van der Waals surface area (Å²) in [5.74, 6) is -0.896. The summed E-state index contributed by atoms with van der Waals surface area (Å²) >= 11 is 0. The van der Waals surface area contributed by atoms with Crippen molar-refractivity contribution in [3.05, 3.63) is 0 Å². The van der Waals surface area contributed by atoms with Crippen LogP contribution >= 0.6 is 0 Å². The molecule has 6 nitrogen and oxygen atoms in total. The normalized spacial score (nSPS) is 17.5. The zero-order valence-corrected chi connectivity index (χ0v) is 12.5. The first-order valence-corrected chi connectivity index (χ1v) is 7.19. The summed E-state index contributed by atoms with van der Waals surface area (Å²) in [6.07, 6.45) is 5.70. The number of carboxylic acid groups (broad SMARTS) is 1. The minimum atomic E-state index is -0.896. The van der Waals surface area contributed by atoms with E-state index in [1.807, 2.05) is 0 Å². The summed E-state index contributed by atoms with van der Waals surface area (Å²) in [6.45, 7) is 1.47. The molecule has 1 fully saturated rings. The molecule has 0 bridgehead atoms. The fraction of sp³-hybridized carbons (Fsp3) is 0.857. The highest BCUT2D eigenvalue weighted by molar-refractivity contribution is 5.75. The van der Waals surface area contributed by atoms with Crippen LogP contribution in [-0.4, -0.2) is 55.9 Å². The molecule has 1 rings (SSSR count). The lowest BCUT2D eigenvalue weighted by atomic mass is 9.74. The van der Waals surface area contributed by atoms with Gasteiger partial charge >= 0.3 is 12.0 Å². The molecular formula is C14H26N2O4.